The number of benzene rings is 2. The van der Waals surface area contributed by atoms with Crippen LogP contribution in [0.2, 0.25) is 0 Å². The molecule has 3 N–H and O–H groups in total. The van der Waals surface area contributed by atoms with Crippen molar-refractivity contribution in [2.45, 2.75) is 0 Å². The molecule has 0 radical (unpaired) electrons. The van der Waals surface area contributed by atoms with Crippen molar-refractivity contribution in [3.8, 4) is 11.1 Å². The number of fused-ring (bicyclic) bond motifs is 3. The summed E-state index contributed by atoms with van der Waals surface area (Å²) in [4.78, 5) is 34.4. The molecule has 0 heterocycles. The molecule has 2 aromatic carbocycles. The lowest BCUT2D eigenvalue weighted by Crippen LogP contribution is -2.11. The number of carbonyl (C=O) groups is 3. The van der Waals surface area contributed by atoms with Crippen LogP contribution in [-0.4, -0.2) is 22.8 Å². The second kappa shape index (κ2) is 4.03. The van der Waals surface area contributed by atoms with Gasteiger partial charge < -0.3 is 10.8 Å². The Kier molecular flexibility index (Phi) is 2.44. The zero-order valence-corrected chi connectivity index (χ0v) is 10.2. The van der Waals surface area contributed by atoms with Crippen LogP contribution in [0.4, 0.5) is 0 Å². The Morgan fingerprint density at radius 3 is 1.85 bits per heavy atom. The number of hydrogen-bond acceptors (Lipinski definition) is 3. The maximum atomic E-state index is 12.3. The van der Waals surface area contributed by atoms with Crippen molar-refractivity contribution in [1.82, 2.24) is 0 Å². The summed E-state index contributed by atoms with van der Waals surface area (Å²) in [5, 5.41) is 8.96. The Labute approximate surface area is 113 Å². The van der Waals surface area contributed by atoms with Crippen LogP contribution in [0.3, 0.4) is 0 Å². The van der Waals surface area contributed by atoms with E-state index < -0.39 is 11.9 Å². The zero-order chi connectivity index (χ0) is 14.4. The van der Waals surface area contributed by atoms with Crippen LogP contribution in [0.1, 0.15) is 36.6 Å². The van der Waals surface area contributed by atoms with E-state index in [2.05, 4.69) is 0 Å². The summed E-state index contributed by atoms with van der Waals surface area (Å²) < 4.78 is 0. The van der Waals surface area contributed by atoms with Crippen LogP contribution in [0.15, 0.2) is 36.4 Å². The van der Waals surface area contributed by atoms with E-state index in [1.165, 1.54) is 18.2 Å². The summed E-state index contributed by atoms with van der Waals surface area (Å²) in [5.74, 6) is -1.99. The van der Waals surface area contributed by atoms with Gasteiger partial charge in [0.05, 0.1) is 5.56 Å². The van der Waals surface area contributed by atoms with E-state index in [4.69, 9.17) is 10.8 Å². The van der Waals surface area contributed by atoms with Gasteiger partial charge in [-0.3, -0.25) is 9.59 Å². The molecule has 0 aromatic heterocycles. The van der Waals surface area contributed by atoms with Gasteiger partial charge in [-0.15, -0.1) is 0 Å². The van der Waals surface area contributed by atoms with Crippen LogP contribution in [0.5, 0.6) is 0 Å². The molecule has 0 spiro atoms. The van der Waals surface area contributed by atoms with Gasteiger partial charge in [-0.1, -0.05) is 12.1 Å². The molecular formula is C15H9NO4. The Hall–Kier alpha value is -2.95. The van der Waals surface area contributed by atoms with Crippen LogP contribution in [0, 0.1) is 0 Å². The molecule has 0 saturated carbocycles. The van der Waals surface area contributed by atoms with E-state index in [9.17, 15) is 14.4 Å². The number of primary amides is 1. The minimum atomic E-state index is -1.09. The average Bonchev–Trinajstić information content (AvgIpc) is 2.71. The van der Waals surface area contributed by atoms with Gasteiger partial charge in [0, 0.05) is 16.7 Å². The standard InChI is InChI=1S/C15H9NO4/c16-14(18)7-1-3-9-10-4-2-8(15(19)20)6-12(10)13(17)11(9)5-7/h1-6H,(H2,16,18)(H,19,20). The fourth-order valence-corrected chi connectivity index (χ4v) is 2.37. The molecular weight excluding hydrogens is 258 g/mol. The van der Waals surface area contributed by atoms with Gasteiger partial charge in [0.15, 0.2) is 5.78 Å². The van der Waals surface area contributed by atoms with Crippen LogP contribution in [0.25, 0.3) is 11.1 Å². The molecule has 0 fully saturated rings. The fourth-order valence-electron chi connectivity index (χ4n) is 2.37. The lowest BCUT2D eigenvalue weighted by atomic mass is 10.0. The third kappa shape index (κ3) is 1.60. The Bertz CT molecular complexity index is 727. The van der Waals surface area contributed by atoms with Gasteiger partial charge >= 0.3 is 5.97 Å². The van der Waals surface area contributed by atoms with Crippen molar-refractivity contribution in [3.63, 3.8) is 0 Å². The predicted molar refractivity (Wildman–Crippen MR) is 70.8 cm³/mol. The minimum absolute atomic E-state index is 0.0556. The van der Waals surface area contributed by atoms with Crippen LogP contribution >= 0.6 is 0 Å². The summed E-state index contributed by atoms with van der Waals surface area (Å²) in [6.45, 7) is 0. The largest absolute Gasteiger partial charge is 0.478 e. The van der Waals surface area contributed by atoms with Crippen LogP contribution < -0.4 is 5.73 Å². The van der Waals surface area contributed by atoms with Crippen molar-refractivity contribution < 1.29 is 19.5 Å². The van der Waals surface area contributed by atoms with Crippen molar-refractivity contribution >= 4 is 17.7 Å². The molecule has 2 aromatic rings. The number of aromatic carboxylic acids is 1. The van der Waals surface area contributed by atoms with E-state index in [1.54, 1.807) is 18.2 Å². The zero-order valence-electron chi connectivity index (χ0n) is 10.2. The molecule has 1 aliphatic rings. The molecule has 3 rings (SSSR count). The molecule has 1 amide bonds. The molecule has 0 aliphatic heterocycles. The van der Waals surface area contributed by atoms with E-state index in [0.717, 1.165) is 0 Å². The number of carbonyl (C=O) groups excluding carboxylic acids is 2. The highest BCUT2D eigenvalue weighted by Crippen LogP contribution is 2.37. The van der Waals surface area contributed by atoms with Gasteiger partial charge in [-0.2, -0.15) is 0 Å². The number of nitrogens with two attached hydrogens (primary N) is 1. The SMILES string of the molecule is NC(=O)c1ccc2c(c1)C(=O)c1cc(C(=O)O)ccc1-2. The van der Waals surface area contributed by atoms with Crippen molar-refractivity contribution in [3.05, 3.63) is 58.7 Å². The van der Waals surface area contributed by atoms with Crippen molar-refractivity contribution in [2.75, 3.05) is 0 Å². The Morgan fingerprint density at radius 2 is 1.35 bits per heavy atom. The molecule has 0 unspecified atom stereocenters. The van der Waals surface area contributed by atoms with Crippen molar-refractivity contribution in [2.24, 2.45) is 5.73 Å². The lowest BCUT2D eigenvalue weighted by Gasteiger charge is -2.01. The van der Waals surface area contributed by atoms with E-state index in [0.29, 0.717) is 22.3 Å². The van der Waals surface area contributed by atoms with Crippen molar-refractivity contribution in [1.29, 1.82) is 0 Å². The Morgan fingerprint density at radius 1 is 0.850 bits per heavy atom. The third-order valence-electron chi connectivity index (χ3n) is 3.35. The van der Waals surface area contributed by atoms with Gasteiger partial charge in [0.2, 0.25) is 5.91 Å². The summed E-state index contributed by atoms with van der Waals surface area (Å²) >= 11 is 0. The number of carboxylic acids is 1. The van der Waals surface area contributed by atoms with E-state index in [1.807, 2.05) is 0 Å². The quantitative estimate of drug-likeness (QED) is 0.738. The maximum Gasteiger partial charge on any atom is 0.335 e. The highest BCUT2D eigenvalue weighted by molar-refractivity contribution is 6.22. The molecule has 0 saturated heterocycles. The highest BCUT2D eigenvalue weighted by atomic mass is 16.4. The average molecular weight is 267 g/mol. The molecule has 1 aliphatic carbocycles. The fraction of sp³-hybridized carbons (Fsp3) is 0. The Balaban J connectivity index is 2.21. The van der Waals surface area contributed by atoms with Gasteiger partial charge in [-0.05, 0) is 35.4 Å². The molecule has 98 valence electrons. The number of carboxylic acid groups (broad SMARTS) is 1. The summed E-state index contributed by atoms with van der Waals surface area (Å²) in [5.41, 5.74) is 7.57. The first-order chi connectivity index (χ1) is 9.49. The number of hydrogen-bond donors (Lipinski definition) is 2. The molecule has 0 atom stereocenters. The second-order valence-electron chi connectivity index (χ2n) is 4.52. The van der Waals surface area contributed by atoms with Gasteiger partial charge in [-0.25, -0.2) is 4.79 Å². The molecule has 5 nitrogen and oxygen atoms in total. The minimum Gasteiger partial charge on any atom is -0.478 e. The van der Waals surface area contributed by atoms with E-state index >= 15 is 0 Å². The number of ketones is 1. The van der Waals surface area contributed by atoms with Crippen LogP contribution in [-0.2, 0) is 0 Å². The predicted octanol–water partition coefficient (Wildman–Crippen LogP) is 1.70. The maximum absolute atomic E-state index is 12.3. The van der Waals surface area contributed by atoms with E-state index in [-0.39, 0.29) is 16.9 Å². The lowest BCUT2D eigenvalue weighted by molar-refractivity contribution is 0.0696. The number of amides is 1. The summed E-state index contributed by atoms with van der Waals surface area (Å²) in [7, 11) is 0. The molecule has 0 bridgehead atoms. The number of rotatable bonds is 2. The first-order valence-corrected chi connectivity index (χ1v) is 5.85. The third-order valence-corrected chi connectivity index (χ3v) is 3.35. The van der Waals surface area contributed by atoms with Gasteiger partial charge in [0.1, 0.15) is 0 Å². The molecule has 20 heavy (non-hydrogen) atoms. The normalized spacial score (nSPS) is 11.9. The first kappa shape index (κ1) is 12.1. The summed E-state index contributed by atoms with van der Waals surface area (Å²) in [6, 6.07) is 9.05. The first-order valence-electron chi connectivity index (χ1n) is 5.85. The highest BCUT2D eigenvalue weighted by Gasteiger charge is 2.28. The smallest absolute Gasteiger partial charge is 0.335 e. The second-order valence-corrected chi connectivity index (χ2v) is 4.52. The topological polar surface area (TPSA) is 97.5 Å². The molecule has 5 heteroatoms. The van der Waals surface area contributed by atoms with Gasteiger partial charge in [0.25, 0.3) is 0 Å². The monoisotopic (exact) mass is 267 g/mol. The summed E-state index contributed by atoms with van der Waals surface area (Å²) in [6.07, 6.45) is 0.